The number of hydrogen-bond acceptors (Lipinski definition) is 10. The molecule has 1 amide bonds. The summed E-state index contributed by atoms with van der Waals surface area (Å²) in [6.45, 7) is 5.92. The fraction of sp³-hybridized carbons (Fsp3) is 0.833. The molecule has 33 heavy (non-hydrogen) atoms. The van der Waals surface area contributed by atoms with Crippen molar-refractivity contribution >= 4 is 21.6 Å². The second-order valence-electron chi connectivity index (χ2n) is 8.14. The average molecular weight is 519 g/mol. The van der Waals surface area contributed by atoms with Gasteiger partial charge in [-0.3, -0.25) is 13.8 Å². The van der Waals surface area contributed by atoms with Crippen LogP contribution in [0.4, 0.5) is 0 Å². The van der Waals surface area contributed by atoms with Crippen LogP contribution in [0.15, 0.2) is 11.6 Å². The summed E-state index contributed by atoms with van der Waals surface area (Å²) in [4.78, 5) is 31.1. The van der Waals surface area contributed by atoms with E-state index in [-0.39, 0.29) is 12.5 Å². The summed E-state index contributed by atoms with van der Waals surface area (Å²) in [7, 11) is -10.4. The summed E-state index contributed by atoms with van der Waals surface area (Å²) in [6, 6.07) is -1.55. The molecule has 0 aromatic rings. The molecule has 0 spiro atoms. The summed E-state index contributed by atoms with van der Waals surface area (Å²) >= 11 is 0. The first-order valence-corrected chi connectivity index (χ1v) is 13.4. The highest BCUT2D eigenvalue weighted by molar-refractivity contribution is 7.61. The van der Waals surface area contributed by atoms with Gasteiger partial charge in [-0.05, 0) is 39.0 Å². The molecule has 0 bridgehead atoms. The zero-order chi connectivity index (χ0) is 25.4. The predicted molar refractivity (Wildman–Crippen MR) is 116 cm³/mol. The second kappa shape index (κ2) is 13.4. The maximum Gasteiger partial charge on any atom is 0.483 e. The zero-order valence-electron chi connectivity index (χ0n) is 19.1. The molecule has 0 aromatic carbocycles. The van der Waals surface area contributed by atoms with E-state index in [2.05, 4.69) is 15.7 Å². The molecular formula is C18H35NO12P2. The van der Waals surface area contributed by atoms with Crippen LogP contribution >= 0.6 is 15.6 Å². The van der Waals surface area contributed by atoms with Gasteiger partial charge >= 0.3 is 15.6 Å². The van der Waals surface area contributed by atoms with Gasteiger partial charge in [-0.1, -0.05) is 18.6 Å². The third-order valence-corrected chi connectivity index (χ3v) is 7.41. The molecule has 194 valence electrons. The Morgan fingerprint density at radius 2 is 1.76 bits per heavy atom. The molecule has 0 aromatic heterocycles. The van der Waals surface area contributed by atoms with Crippen LogP contribution in [0.25, 0.3) is 0 Å². The van der Waals surface area contributed by atoms with E-state index in [0.29, 0.717) is 6.42 Å². The largest absolute Gasteiger partial charge is 0.483 e. The van der Waals surface area contributed by atoms with Crippen LogP contribution in [0, 0.1) is 5.92 Å². The molecule has 1 saturated heterocycles. The van der Waals surface area contributed by atoms with Gasteiger partial charge in [0.2, 0.25) is 5.91 Å². The zero-order valence-corrected chi connectivity index (χ0v) is 20.9. The van der Waals surface area contributed by atoms with Gasteiger partial charge in [0, 0.05) is 6.92 Å². The Morgan fingerprint density at radius 1 is 1.12 bits per heavy atom. The van der Waals surface area contributed by atoms with Crippen molar-refractivity contribution in [1.29, 1.82) is 0 Å². The van der Waals surface area contributed by atoms with Gasteiger partial charge in [0.05, 0.1) is 13.2 Å². The highest BCUT2D eigenvalue weighted by atomic mass is 31.3. The standard InChI is InChI=1S/C18H35NO12P2/c1-11(2)6-5-7-12(3)8-9-28-32(24,25)31-33(26,27)30-18-15(19-13(4)21)17(23)16(22)14(10-20)29-18/h6,12,14-18,20,22-23H,5,7-10H2,1-4H3,(H,19,21)(H,24,25)(H,26,27)/t12?,14-,15-,16+,17-,18-/m1/s1. The van der Waals surface area contributed by atoms with E-state index in [1.54, 1.807) is 0 Å². The molecule has 0 saturated carbocycles. The molecule has 6 N–H and O–H groups in total. The van der Waals surface area contributed by atoms with Crippen molar-refractivity contribution in [2.45, 2.75) is 77.6 Å². The van der Waals surface area contributed by atoms with Gasteiger partial charge in [0.25, 0.3) is 0 Å². The molecule has 15 heteroatoms. The van der Waals surface area contributed by atoms with Crippen molar-refractivity contribution in [3.8, 4) is 0 Å². The van der Waals surface area contributed by atoms with Gasteiger partial charge in [-0.2, -0.15) is 4.31 Å². The number of carbonyl (C=O) groups is 1. The van der Waals surface area contributed by atoms with Crippen molar-refractivity contribution in [3.05, 3.63) is 11.6 Å². The Morgan fingerprint density at radius 3 is 2.30 bits per heavy atom. The number of phosphoric ester groups is 2. The Labute approximate surface area is 192 Å². The van der Waals surface area contributed by atoms with Gasteiger partial charge in [-0.25, -0.2) is 9.13 Å². The number of amides is 1. The summed E-state index contributed by atoms with van der Waals surface area (Å²) < 4.78 is 43.3. The Hall–Kier alpha value is -0.690. The smallest absolute Gasteiger partial charge is 0.394 e. The molecule has 1 rings (SSSR count). The molecule has 1 heterocycles. The lowest BCUT2D eigenvalue weighted by molar-refractivity contribution is -0.247. The van der Waals surface area contributed by atoms with Gasteiger partial charge in [-0.15, -0.1) is 0 Å². The highest BCUT2D eigenvalue weighted by Gasteiger charge is 2.49. The number of hydrogen-bond donors (Lipinski definition) is 6. The SMILES string of the molecule is CC(=O)N[C@H]1[C@@H](OP(=O)(O)OP(=O)(O)OCCC(C)CCC=C(C)C)O[C@H](CO)[C@H](O)[C@@H]1O. The molecule has 3 unspecified atom stereocenters. The Bertz CT molecular complexity index is 759. The van der Waals surface area contributed by atoms with Crippen LogP contribution in [0.3, 0.4) is 0 Å². The van der Waals surface area contributed by atoms with E-state index in [4.69, 9.17) is 13.8 Å². The van der Waals surface area contributed by atoms with E-state index in [1.165, 1.54) is 5.57 Å². The topological polar surface area (TPSA) is 201 Å². The third-order valence-electron chi connectivity index (χ3n) is 4.77. The number of rotatable bonds is 13. The fourth-order valence-corrected chi connectivity index (χ4v) is 5.20. The van der Waals surface area contributed by atoms with Crippen molar-refractivity contribution in [1.82, 2.24) is 5.32 Å². The van der Waals surface area contributed by atoms with Crippen molar-refractivity contribution in [3.63, 3.8) is 0 Å². The minimum Gasteiger partial charge on any atom is -0.394 e. The first-order valence-electron chi connectivity index (χ1n) is 10.4. The van der Waals surface area contributed by atoms with Crippen molar-refractivity contribution < 1.29 is 57.1 Å². The van der Waals surface area contributed by atoms with Gasteiger partial charge < -0.3 is 35.2 Å². The van der Waals surface area contributed by atoms with Crippen LogP contribution in [0.2, 0.25) is 0 Å². The number of nitrogens with one attached hydrogen (secondary N) is 1. The monoisotopic (exact) mass is 519 g/mol. The van der Waals surface area contributed by atoms with Crippen LogP contribution in [0.1, 0.15) is 47.0 Å². The maximum absolute atomic E-state index is 12.3. The van der Waals surface area contributed by atoms with Crippen LogP contribution in [-0.2, 0) is 32.0 Å². The van der Waals surface area contributed by atoms with E-state index >= 15 is 0 Å². The first kappa shape index (κ1) is 30.3. The minimum absolute atomic E-state index is 0.148. The second-order valence-corrected chi connectivity index (χ2v) is 11.1. The van der Waals surface area contributed by atoms with E-state index < -0.39 is 58.8 Å². The summed E-state index contributed by atoms with van der Waals surface area (Å²) in [5.74, 6) is -0.551. The molecule has 1 aliphatic rings. The fourth-order valence-electron chi connectivity index (χ4n) is 3.03. The van der Waals surface area contributed by atoms with E-state index in [1.807, 2.05) is 20.8 Å². The molecule has 8 atom stereocenters. The minimum atomic E-state index is -5.34. The number of ether oxygens (including phenoxy) is 1. The molecule has 1 aliphatic heterocycles. The maximum atomic E-state index is 12.3. The molecule has 13 nitrogen and oxygen atoms in total. The van der Waals surface area contributed by atoms with Crippen molar-refractivity contribution in [2.24, 2.45) is 5.92 Å². The lowest BCUT2D eigenvalue weighted by Gasteiger charge is -2.42. The number of phosphoric acid groups is 2. The third kappa shape index (κ3) is 11.1. The van der Waals surface area contributed by atoms with Gasteiger partial charge in [0.1, 0.15) is 24.4 Å². The Balaban J connectivity index is 2.71. The van der Waals surface area contributed by atoms with Gasteiger partial charge in [0.15, 0.2) is 6.29 Å². The van der Waals surface area contributed by atoms with E-state index in [9.17, 15) is 39.0 Å². The first-order chi connectivity index (χ1) is 15.2. The number of carbonyl (C=O) groups excluding carboxylic acids is 1. The molecule has 0 radical (unpaired) electrons. The highest BCUT2D eigenvalue weighted by Crippen LogP contribution is 2.61. The molecular weight excluding hydrogens is 484 g/mol. The Kier molecular flexibility index (Phi) is 12.3. The lowest BCUT2D eigenvalue weighted by atomic mass is 9.97. The lowest BCUT2D eigenvalue weighted by Crippen LogP contribution is -2.64. The van der Waals surface area contributed by atoms with Crippen LogP contribution < -0.4 is 5.32 Å². The quantitative estimate of drug-likeness (QED) is 0.149. The molecule has 0 aliphatic carbocycles. The van der Waals surface area contributed by atoms with Crippen LogP contribution in [-0.4, -0.2) is 74.9 Å². The van der Waals surface area contributed by atoms with E-state index in [0.717, 1.165) is 19.8 Å². The predicted octanol–water partition coefficient (Wildman–Crippen LogP) is 0.953. The average Bonchev–Trinajstić information content (AvgIpc) is 2.65. The summed E-state index contributed by atoms with van der Waals surface area (Å²) in [5.41, 5.74) is 1.18. The summed E-state index contributed by atoms with van der Waals surface area (Å²) in [5, 5.41) is 31.5. The number of aliphatic hydroxyl groups excluding tert-OH is 3. The number of aliphatic hydroxyl groups is 3. The van der Waals surface area contributed by atoms with Crippen molar-refractivity contribution in [2.75, 3.05) is 13.2 Å². The summed E-state index contributed by atoms with van der Waals surface area (Å²) in [6.07, 6.45) is -2.64. The molecule has 1 fully saturated rings. The normalized spacial score (nSPS) is 30.0. The van der Waals surface area contributed by atoms with Crippen LogP contribution in [0.5, 0.6) is 0 Å². The number of allylic oxidation sites excluding steroid dienone is 2.